The van der Waals surface area contributed by atoms with Crippen LogP contribution in [0.3, 0.4) is 0 Å². The molecule has 28 heavy (non-hydrogen) atoms. The van der Waals surface area contributed by atoms with Crippen molar-refractivity contribution in [3.63, 3.8) is 0 Å². The molecule has 0 aliphatic carbocycles. The van der Waals surface area contributed by atoms with Crippen molar-refractivity contribution in [3.8, 4) is 5.88 Å². The van der Waals surface area contributed by atoms with Gasteiger partial charge in [-0.05, 0) is 40.8 Å². The predicted octanol–water partition coefficient (Wildman–Crippen LogP) is 1.97. The largest absolute Gasteiger partial charge is 0.468 e. The van der Waals surface area contributed by atoms with Crippen LogP contribution in [-0.2, 0) is 16.1 Å². The van der Waals surface area contributed by atoms with Crippen molar-refractivity contribution in [1.82, 2.24) is 19.7 Å². The highest BCUT2D eigenvalue weighted by Gasteiger charge is 2.23. The van der Waals surface area contributed by atoms with Crippen LogP contribution >= 0.6 is 38.5 Å². The second-order valence-electron chi connectivity index (χ2n) is 6.01. The molecule has 4 rings (SSSR count). The predicted molar refractivity (Wildman–Crippen MR) is 112 cm³/mol. The first-order chi connectivity index (χ1) is 13.5. The van der Waals surface area contributed by atoms with E-state index in [1.54, 1.807) is 30.6 Å². The number of carbonyl (C=O) groups is 1. The molecule has 0 spiro atoms. The van der Waals surface area contributed by atoms with E-state index >= 15 is 0 Å². The van der Waals surface area contributed by atoms with Crippen LogP contribution in [0.5, 0.6) is 5.88 Å². The fourth-order valence-corrected chi connectivity index (χ4v) is 3.18. The Morgan fingerprint density at radius 3 is 2.75 bits per heavy atom. The zero-order valence-electron chi connectivity index (χ0n) is 14.3. The third kappa shape index (κ3) is 4.15. The first kappa shape index (κ1) is 19.2. The van der Waals surface area contributed by atoms with E-state index in [1.807, 2.05) is 0 Å². The highest BCUT2D eigenvalue weighted by atomic mass is 127. The zero-order chi connectivity index (χ0) is 19.7. The molecular weight excluding hydrogens is 545 g/mol. The Morgan fingerprint density at radius 2 is 2.07 bits per heavy atom. The summed E-state index contributed by atoms with van der Waals surface area (Å²) >= 11 is 5.46. The molecule has 1 N–H and O–H groups in total. The van der Waals surface area contributed by atoms with Crippen LogP contribution in [0.2, 0.25) is 0 Å². The number of hydrogen-bond donors (Lipinski definition) is 1. The number of anilines is 1. The molecule has 0 bridgehead atoms. The SMILES string of the molecule is O=C(Cn1nc(OC2COC2)c2cc(Br)ccc2c1=O)Nc1ncc(I)cn1. The summed E-state index contributed by atoms with van der Waals surface area (Å²) in [5.41, 5.74) is -0.390. The Bertz CT molecular complexity index is 1100. The maximum Gasteiger partial charge on any atom is 0.275 e. The van der Waals surface area contributed by atoms with Crippen LogP contribution in [0.4, 0.5) is 5.95 Å². The maximum atomic E-state index is 12.8. The lowest BCUT2D eigenvalue weighted by molar-refractivity contribution is -0.117. The third-order valence-corrected chi connectivity index (χ3v) is 4.99. The summed E-state index contributed by atoms with van der Waals surface area (Å²) in [6.45, 7) is 0.625. The summed E-state index contributed by atoms with van der Waals surface area (Å²) in [5.74, 6) is -0.0287. The molecule has 0 atom stereocenters. The Hall–Kier alpha value is -2.12. The van der Waals surface area contributed by atoms with Gasteiger partial charge < -0.3 is 9.47 Å². The Labute approximate surface area is 180 Å². The van der Waals surface area contributed by atoms with Crippen molar-refractivity contribution in [1.29, 1.82) is 0 Å². The van der Waals surface area contributed by atoms with Crippen molar-refractivity contribution >= 4 is 61.1 Å². The lowest BCUT2D eigenvalue weighted by Crippen LogP contribution is -2.39. The zero-order valence-corrected chi connectivity index (χ0v) is 18.0. The monoisotopic (exact) mass is 557 g/mol. The van der Waals surface area contributed by atoms with E-state index < -0.39 is 11.5 Å². The van der Waals surface area contributed by atoms with Crippen LogP contribution < -0.4 is 15.6 Å². The van der Waals surface area contributed by atoms with Gasteiger partial charge in [-0.15, -0.1) is 5.10 Å². The second kappa shape index (κ2) is 8.09. The molecule has 1 aliphatic heterocycles. The summed E-state index contributed by atoms with van der Waals surface area (Å²) in [7, 11) is 0. The van der Waals surface area contributed by atoms with Gasteiger partial charge >= 0.3 is 0 Å². The van der Waals surface area contributed by atoms with Gasteiger partial charge in [0.2, 0.25) is 17.7 Å². The molecule has 2 aromatic heterocycles. The van der Waals surface area contributed by atoms with E-state index in [1.165, 1.54) is 0 Å². The number of amides is 1. The summed E-state index contributed by atoms with van der Waals surface area (Å²) < 4.78 is 13.7. The van der Waals surface area contributed by atoms with Crippen molar-refractivity contribution < 1.29 is 14.3 Å². The van der Waals surface area contributed by atoms with Gasteiger partial charge in [0.1, 0.15) is 12.6 Å². The van der Waals surface area contributed by atoms with Crippen LogP contribution in [0.1, 0.15) is 0 Å². The Morgan fingerprint density at radius 1 is 1.32 bits per heavy atom. The number of rotatable bonds is 5. The van der Waals surface area contributed by atoms with Gasteiger partial charge in [-0.2, -0.15) is 0 Å². The minimum atomic E-state index is -0.467. The van der Waals surface area contributed by atoms with Gasteiger partial charge in [0.15, 0.2) is 0 Å². The van der Waals surface area contributed by atoms with Gasteiger partial charge in [-0.25, -0.2) is 14.6 Å². The quantitative estimate of drug-likeness (QED) is 0.478. The van der Waals surface area contributed by atoms with Gasteiger partial charge in [0, 0.05) is 20.4 Å². The number of aromatic nitrogens is 4. The summed E-state index contributed by atoms with van der Waals surface area (Å²) in [6, 6.07) is 5.19. The molecule has 0 radical (unpaired) electrons. The molecule has 1 amide bonds. The lowest BCUT2D eigenvalue weighted by Gasteiger charge is -2.26. The molecule has 9 nitrogen and oxygen atoms in total. The Balaban J connectivity index is 1.64. The van der Waals surface area contributed by atoms with E-state index in [2.05, 4.69) is 58.9 Å². The van der Waals surface area contributed by atoms with Crippen molar-refractivity contribution in [2.24, 2.45) is 0 Å². The number of nitrogens with one attached hydrogen (secondary N) is 1. The van der Waals surface area contributed by atoms with E-state index in [0.717, 1.165) is 12.7 Å². The third-order valence-electron chi connectivity index (χ3n) is 3.94. The maximum absolute atomic E-state index is 12.8. The van der Waals surface area contributed by atoms with Crippen molar-refractivity contribution in [2.45, 2.75) is 12.6 Å². The minimum absolute atomic E-state index is 0.130. The molecule has 0 saturated carbocycles. The van der Waals surface area contributed by atoms with Crippen molar-refractivity contribution in [2.75, 3.05) is 18.5 Å². The molecule has 144 valence electrons. The van der Waals surface area contributed by atoms with Gasteiger partial charge in [-0.1, -0.05) is 15.9 Å². The second-order valence-corrected chi connectivity index (χ2v) is 8.17. The van der Waals surface area contributed by atoms with Crippen LogP contribution in [0.15, 0.2) is 39.9 Å². The van der Waals surface area contributed by atoms with E-state index in [9.17, 15) is 9.59 Å². The van der Waals surface area contributed by atoms with Crippen LogP contribution in [0, 0.1) is 3.57 Å². The average molecular weight is 558 g/mol. The summed E-state index contributed by atoms with van der Waals surface area (Å²) in [6.07, 6.45) is 3.03. The van der Waals surface area contributed by atoms with Crippen LogP contribution in [-0.4, -0.2) is 45.0 Å². The molecule has 3 heterocycles. The normalized spacial score (nSPS) is 13.9. The first-order valence-electron chi connectivity index (χ1n) is 8.22. The van der Waals surface area contributed by atoms with Gasteiger partial charge in [-0.3, -0.25) is 14.9 Å². The summed E-state index contributed by atoms with van der Waals surface area (Å²) in [5, 5.41) is 7.80. The first-order valence-corrected chi connectivity index (χ1v) is 10.1. The number of fused-ring (bicyclic) bond motifs is 1. The van der Waals surface area contributed by atoms with Gasteiger partial charge in [0.25, 0.3) is 5.56 Å². The minimum Gasteiger partial charge on any atom is -0.468 e. The smallest absolute Gasteiger partial charge is 0.275 e. The number of nitrogens with zero attached hydrogens (tertiary/aromatic N) is 4. The van der Waals surface area contributed by atoms with Crippen molar-refractivity contribution in [3.05, 3.63) is 49.0 Å². The fraction of sp³-hybridized carbons (Fsp3) is 0.235. The van der Waals surface area contributed by atoms with E-state index in [-0.39, 0.29) is 24.5 Å². The number of ether oxygens (including phenoxy) is 2. The number of benzene rings is 1. The molecule has 1 aromatic carbocycles. The number of halogens is 2. The molecule has 3 aromatic rings. The number of hydrogen-bond acceptors (Lipinski definition) is 7. The molecule has 1 fully saturated rings. The molecular formula is C17H13BrIN5O4. The van der Waals surface area contributed by atoms with Crippen LogP contribution in [0.25, 0.3) is 10.8 Å². The highest BCUT2D eigenvalue weighted by Crippen LogP contribution is 2.26. The molecule has 1 saturated heterocycles. The fourth-order valence-electron chi connectivity index (χ4n) is 2.54. The lowest BCUT2D eigenvalue weighted by atomic mass is 10.2. The van der Waals surface area contributed by atoms with E-state index in [0.29, 0.717) is 24.0 Å². The highest BCUT2D eigenvalue weighted by molar-refractivity contribution is 14.1. The Kier molecular flexibility index (Phi) is 5.55. The van der Waals surface area contributed by atoms with Gasteiger partial charge in [0.05, 0.1) is 24.0 Å². The molecule has 0 unspecified atom stereocenters. The van der Waals surface area contributed by atoms with E-state index in [4.69, 9.17) is 9.47 Å². The molecule has 1 aliphatic rings. The number of carbonyl (C=O) groups excluding carboxylic acids is 1. The summed E-state index contributed by atoms with van der Waals surface area (Å²) in [4.78, 5) is 33.2. The average Bonchev–Trinajstić information content (AvgIpc) is 2.63. The standard InChI is InChI=1S/C17H13BrIN5O4/c18-9-1-2-12-13(3-9)15(28-11-7-27-8-11)23-24(16(12)26)6-14(25)22-17-20-4-10(19)5-21-17/h1-5,11H,6-8H2,(H,20,21,22,25). The topological polar surface area (TPSA) is 108 Å². The molecule has 11 heteroatoms.